The van der Waals surface area contributed by atoms with Crippen LogP contribution in [0.1, 0.15) is 31.2 Å². The number of nitrogens with one attached hydrogen (secondary N) is 1. The van der Waals surface area contributed by atoms with Gasteiger partial charge in [0.25, 0.3) is 0 Å². The maximum atomic E-state index is 9.08. The first-order valence-corrected chi connectivity index (χ1v) is 13.9. The van der Waals surface area contributed by atoms with Crippen molar-refractivity contribution in [3.8, 4) is 16.9 Å². The Morgan fingerprint density at radius 2 is 1.51 bits per heavy atom. The van der Waals surface area contributed by atoms with Crippen LogP contribution in [-0.4, -0.2) is 40.3 Å². The molecule has 0 bridgehead atoms. The molecule has 0 atom stereocenters. The standard InChI is InChI=1S/C30H34Cl2N4O/c1-22-6-8-23(9-7-22)24-10-12-27-28(20-24)36(18-17-34-14-3-2-4-15-34)30(33)35(27)16-5-19-37-29-13-11-25(31)21-26(29)32/h6-13,20-21,33H,2-5,14-19H2,1H3. The number of aromatic nitrogens is 2. The molecule has 0 unspecified atom stereocenters. The van der Waals surface area contributed by atoms with Crippen molar-refractivity contribution in [1.29, 1.82) is 5.41 Å². The molecule has 1 aromatic heterocycles. The summed E-state index contributed by atoms with van der Waals surface area (Å²) < 4.78 is 10.2. The number of hydrogen-bond acceptors (Lipinski definition) is 3. The van der Waals surface area contributed by atoms with Gasteiger partial charge in [0.05, 0.1) is 22.7 Å². The fourth-order valence-corrected chi connectivity index (χ4v) is 5.60. The topological polar surface area (TPSA) is 46.2 Å². The highest BCUT2D eigenvalue weighted by molar-refractivity contribution is 6.35. The Bertz CT molecular complexity index is 1420. The molecule has 1 N–H and O–H groups in total. The van der Waals surface area contributed by atoms with Crippen molar-refractivity contribution in [1.82, 2.24) is 14.0 Å². The third-order valence-electron chi connectivity index (χ3n) is 7.22. The molecule has 0 spiro atoms. The maximum Gasteiger partial charge on any atom is 0.203 e. The summed E-state index contributed by atoms with van der Waals surface area (Å²) in [4.78, 5) is 2.53. The quantitative estimate of drug-likeness (QED) is 0.230. The third kappa shape index (κ3) is 6.06. The minimum absolute atomic E-state index is 0.510. The van der Waals surface area contributed by atoms with E-state index in [1.165, 1.54) is 36.0 Å². The average molecular weight is 538 g/mol. The van der Waals surface area contributed by atoms with Gasteiger partial charge in [0.1, 0.15) is 5.75 Å². The molecule has 0 radical (unpaired) electrons. The fraction of sp³-hybridized carbons (Fsp3) is 0.367. The lowest BCUT2D eigenvalue weighted by molar-refractivity contribution is 0.220. The number of hydrogen-bond donors (Lipinski definition) is 1. The zero-order valence-electron chi connectivity index (χ0n) is 21.4. The predicted molar refractivity (Wildman–Crippen MR) is 153 cm³/mol. The van der Waals surface area contributed by atoms with Crippen LogP contribution in [0, 0.1) is 12.3 Å². The zero-order chi connectivity index (χ0) is 25.8. The van der Waals surface area contributed by atoms with Crippen molar-refractivity contribution < 1.29 is 4.74 Å². The second-order valence-electron chi connectivity index (χ2n) is 9.88. The van der Waals surface area contributed by atoms with Crippen molar-refractivity contribution in [3.63, 3.8) is 0 Å². The number of halogens is 2. The van der Waals surface area contributed by atoms with Gasteiger partial charge in [0.15, 0.2) is 0 Å². The van der Waals surface area contributed by atoms with Gasteiger partial charge in [-0.1, -0.05) is 65.5 Å². The second kappa shape index (κ2) is 11.8. The molecular formula is C30H34Cl2N4O. The molecule has 1 saturated heterocycles. The molecule has 1 aliphatic rings. The van der Waals surface area contributed by atoms with Crippen molar-refractivity contribution in [2.24, 2.45) is 0 Å². The van der Waals surface area contributed by atoms with Crippen molar-refractivity contribution in [2.75, 3.05) is 26.2 Å². The van der Waals surface area contributed by atoms with E-state index in [2.05, 4.69) is 63.4 Å². The summed E-state index contributed by atoms with van der Waals surface area (Å²) in [5, 5.41) is 10.2. The van der Waals surface area contributed by atoms with E-state index >= 15 is 0 Å². The van der Waals surface area contributed by atoms with E-state index < -0.39 is 0 Å². The number of imidazole rings is 1. The van der Waals surface area contributed by atoms with E-state index in [0.29, 0.717) is 34.6 Å². The molecule has 0 saturated carbocycles. The molecule has 4 aromatic rings. The number of aryl methyl sites for hydroxylation is 2. The number of likely N-dealkylation sites (tertiary alicyclic amines) is 1. The summed E-state index contributed by atoms with van der Waals surface area (Å²) in [7, 11) is 0. The highest BCUT2D eigenvalue weighted by Crippen LogP contribution is 2.28. The lowest BCUT2D eigenvalue weighted by Gasteiger charge is -2.26. The SMILES string of the molecule is Cc1ccc(-c2ccc3c(c2)n(CCN2CCCCC2)c(=N)n3CCCOc2ccc(Cl)cc2Cl)cc1. The van der Waals surface area contributed by atoms with Crippen LogP contribution in [0.2, 0.25) is 10.0 Å². The summed E-state index contributed by atoms with van der Waals surface area (Å²) in [6.45, 7) is 7.42. The Labute approximate surface area is 228 Å². The van der Waals surface area contributed by atoms with E-state index in [4.69, 9.17) is 33.3 Å². The Balaban J connectivity index is 1.39. The van der Waals surface area contributed by atoms with E-state index in [-0.39, 0.29) is 0 Å². The largest absolute Gasteiger partial charge is 0.492 e. The Hall–Kier alpha value is -2.73. The molecule has 1 fully saturated rings. The number of piperidine rings is 1. The van der Waals surface area contributed by atoms with Gasteiger partial charge in [0, 0.05) is 24.7 Å². The van der Waals surface area contributed by atoms with Crippen LogP contribution in [0.25, 0.3) is 22.2 Å². The van der Waals surface area contributed by atoms with Gasteiger partial charge in [-0.05, 0) is 80.7 Å². The van der Waals surface area contributed by atoms with Gasteiger partial charge < -0.3 is 18.8 Å². The van der Waals surface area contributed by atoms with Crippen LogP contribution < -0.4 is 10.4 Å². The molecule has 5 rings (SSSR count). The lowest BCUT2D eigenvalue weighted by atomic mass is 10.0. The van der Waals surface area contributed by atoms with Gasteiger partial charge in [-0.15, -0.1) is 0 Å². The van der Waals surface area contributed by atoms with Gasteiger partial charge in [-0.2, -0.15) is 0 Å². The van der Waals surface area contributed by atoms with Crippen LogP contribution >= 0.6 is 23.2 Å². The average Bonchev–Trinajstić information content (AvgIpc) is 3.17. The van der Waals surface area contributed by atoms with E-state index in [1.54, 1.807) is 18.2 Å². The first-order chi connectivity index (χ1) is 18.0. The molecule has 2 heterocycles. The number of nitrogens with zero attached hydrogens (tertiary/aromatic N) is 3. The smallest absolute Gasteiger partial charge is 0.203 e. The molecule has 0 aliphatic carbocycles. The van der Waals surface area contributed by atoms with Crippen LogP contribution in [-0.2, 0) is 13.1 Å². The fourth-order valence-electron chi connectivity index (χ4n) is 5.14. The van der Waals surface area contributed by atoms with Crippen LogP contribution in [0.5, 0.6) is 5.75 Å². The molecule has 7 heteroatoms. The second-order valence-corrected chi connectivity index (χ2v) is 10.7. The Morgan fingerprint density at radius 1 is 0.784 bits per heavy atom. The first kappa shape index (κ1) is 25.9. The monoisotopic (exact) mass is 536 g/mol. The molecule has 5 nitrogen and oxygen atoms in total. The van der Waals surface area contributed by atoms with E-state index in [9.17, 15) is 0 Å². The molecule has 194 valence electrons. The first-order valence-electron chi connectivity index (χ1n) is 13.1. The highest BCUT2D eigenvalue weighted by Gasteiger charge is 2.15. The number of rotatable bonds is 9. The zero-order valence-corrected chi connectivity index (χ0v) is 22.9. The normalized spacial score (nSPS) is 14.4. The molecule has 0 amide bonds. The Kier molecular flexibility index (Phi) is 8.23. The summed E-state index contributed by atoms with van der Waals surface area (Å²) in [6.07, 6.45) is 4.64. The summed E-state index contributed by atoms with van der Waals surface area (Å²) >= 11 is 12.2. The maximum absolute atomic E-state index is 9.08. The third-order valence-corrected chi connectivity index (χ3v) is 7.75. The lowest BCUT2D eigenvalue weighted by Crippen LogP contribution is -2.35. The van der Waals surface area contributed by atoms with Crippen molar-refractivity contribution in [2.45, 2.75) is 45.7 Å². The minimum atomic E-state index is 0.510. The van der Waals surface area contributed by atoms with Crippen LogP contribution in [0.15, 0.2) is 60.7 Å². The van der Waals surface area contributed by atoms with Crippen LogP contribution in [0.3, 0.4) is 0 Å². The summed E-state index contributed by atoms with van der Waals surface area (Å²) in [5.74, 6) is 0.633. The number of ether oxygens (including phenoxy) is 1. The molecular weight excluding hydrogens is 503 g/mol. The highest BCUT2D eigenvalue weighted by atomic mass is 35.5. The number of benzene rings is 3. The van der Waals surface area contributed by atoms with E-state index in [0.717, 1.165) is 43.6 Å². The van der Waals surface area contributed by atoms with Gasteiger partial charge in [0.2, 0.25) is 5.62 Å². The van der Waals surface area contributed by atoms with E-state index in [1.807, 2.05) is 0 Å². The summed E-state index contributed by atoms with van der Waals surface area (Å²) in [6, 6.07) is 20.5. The van der Waals surface area contributed by atoms with Crippen molar-refractivity contribution in [3.05, 3.63) is 81.9 Å². The van der Waals surface area contributed by atoms with Crippen LogP contribution in [0.4, 0.5) is 0 Å². The molecule has 3 aromatic carbocycles. The molecule has 37 heavy (non-hydrogen) atoms. The van der Waals surface area contributed by atoms with Gasteiger partial charge >= 0.3 is 0 Å². The molecule has 1 aliphatic heterocycles. The van der Waals surface area contributed by atoms with Gasteiger partial charge in [-0.25, -0.2) is 0 Å². The van der Waals surface area contributed by atoms with Crippen molar-refractivity contribution >= 4 is 34.2 Å². The minimum Gasteiger partial charge on any atom is -0.492 e. The predicted octanol–water partition coefficient (Wildman–Crippen LogP) is 7.16. The van der Waals surface area contributed by atoms with Gasteiger partial charge in [-0.3, -0.25) is 5.41 Å². The number of fused-ring (bicyclic) bond motifs is 1. The summed E-state index contributed by atoms with van der Waals surface area (Å²) in [5.41, 5.74) is 6.37. The Morgan fingerprint density at radius 3 is 2.27 bits per heavy atom.